The van der Waals surface area contributed by atoms with Crippen LogP contribution in [0.5, 0.6) is 0 Å². The van der Waals surface area contributed by atoms with Crippen molar-refractivity contribution in [3.05, 3.63) is 0 Å². The molecule has 0 bridgehead atoms. The molecule has 0 radical (unpaired) electrons. The lowest BCUT2D eigenvalue weighted by molar-refractivity contribution is 0.325. The van der Waals surface area contributed by atoms with Crippen molar-refractivity contribution in [2.75, 3.05) is 31.1 Å². The van der Waals surface area contributed by atoms with Crippen molar-refractivity contribution >= 4 is 39.8 Å². The molecule has 5 nitrogen and oxygen atoms in total. The molecule has 2 aliphatic heterocycles. The molecule has 0 spiro atoms. The minimum atomic E-state index is -2.79. The van der Waals surface area contributed by atoms with Gasteiger partial charge in [0.1, 0.15) is 0 Å². The van der Waals surface area contributed by atoms with Crippen LogP contribution in [0.3, 0.4) is 0 Å². The molecule has 1 atom stereocenters. The lowest BCUT2D eigenvalue weighted by atomic mass is 10.1. The predicted molar refractivity (Wildman–Crippen MR) is 105 cm³/mol. The summed E-state index contributed by atoms with van der Waals surface area (Å²) in [7, 11) is -2.79. The van der Waals surface area contributed by atoms with E-state index >= 15 is 0 Å². The van der Waals surface area contributed by atoms with E-state index in [1.807, 2.05) is 0 Å². The summed E-state index contributed by atoms with van der Waals surface area (Å²) < 4.78 is 23.2. The zero-order chi connectivity index (χ0) is 15.4. The molecule has 1 N–H and O–H groups in total. The maximum absolute atomic E-state index is 11.6. The summed E-state index contributed by atoms with van der Waals surface area (Å²) >= 11 is 0. The fourth-order valence-corrected chi connectivity index (χ4v) is 5.68. The third-order valence-electron chi connectivity index (χ3n) is 5.17. The van der Waals surface area contributed by atoms with Gasteiger partial charge in [-0.05, 0) is 44.4 Å². The Morgan fingerprint density at radius 1 is 1.04 bits per heavy atom. The second kappa shape index (κ2) is 8.87. The molecule has 1 unspecified atom stereocenters. The van der Waals surface area contributed by atoms with Crippen LogP contribution in [0.1, 0.15) is 51.4 Å². The highest BCUT2D eigenvalue weighted by atomic mass is 127. The van der Waals surface area contributed by atoms with E-state index in [9.17, 15) is 8.42 Å². The SMILES string of the molecule is I.O=S1(=O)CCC(CN=C(NC2CCCC2)N2CCCCC2)C1. The fourth-order valence-electron chi connectivity index (χ4n) is 3.83. The van der Waals surface area contributed by atoms with Gasteiger partial charge in [0, 0.05) is 25.7 Å². The number of nitrogens with zero attached hydrogens (tertiary/aromatic N) is 2. The number of hydrogen-bond donors (Lipinski definition) is 1. The van der Waals surface area contributed by atoms with Gasteiger partial charge in [0.05, 0.1) is 11.5 Å². The van der Waals surface area contributed by atoms with E-state index in [1.54, 1.807) is 0 Å². The summed E-state index contributed by atoms with van der Waals surface area (Å²) in [6.45, 7) is 2.83. The number of rotatable bonds is 3. The molecular formula is C16H30IN3O2S. The molecule has 0 aromatic carbocycles. The van der Waals surface area contributed by atoms with E-state index in [0.717, 1.165) is 25.5 Å². The number of halogens is 1. The standard InChI is InChI=1S/C16H29N3O2S.HI/c20-22(21)11-8-14(13-22)12-17-16(18-15-6-2-3-7-15)19-9-4-1-5-10-19;/h14-15H,1-13H2,(H,17,18);1H. The average Bonchev–Trinajstić information content (AvgIpc) is 3.13. The van der Waals surface area contributed by atoms with Gasteiger partial charge in [0.25, 0.3) is 0 Å². The van der Waals surface area contributed by atoms with Gasteiger partial charge in [-0.2, -0.15) is 0 Å². The maximum atomic E-state index is 11.6. The van der Waals surface area contributed by atoms with Crippen LogP contribution in [0.15, 0.2) is 4.99 Å². The Hall–Kier alpha value is -0.0500. The van der Waals surface area contributed by atoms with E-state index in [-0.39, 0.29) is 29.9 Å². The first-order valence-electron chi connectivity index (χ1n) is 8.89. The second-order valence-corrected chi connectivity index (χ2v) is 9.34. The lowest BCUT2D eigenvalue weighted by Crippen LogP contribution is -2.47. The topological polar surface area (TPSA) is 61.8 Å². The zero-order valence-electron chi connectivity index (χ0n) is 13.9. The number of hydrogen-bond acceptors (Lipinski definition) is 3. The van der Waals surface area contributed by atoms with Crippen LogP contribution in [0, 0.1) is 5.92 Å². The molecule has 0 aromatic heterocycles. The van der Waals surface area contributed by atoms with E-state index in [1.165, 1.54) is 44.9 Å². The van der Waals surface area contributed by atoms with Gasteiger partial charge in [-0.15, -0.1) is 24.0 Å². The first kappa shape index (κ1) is 19.3. The Morgan fingerprint density at radius 2 is 1.74 bits per heavy atom. The smallest absolute Gasteiger partial charge is 0.194 e. The molecule has 3 aliphatic rings. The van der Waals surface area contributed by atoms with Crippen LogP contribution in [0.4, 0.5) is 0 Å². The minimum absolute atomic E-state index is 0. The molecular weight excluding hydrogens is 425 g/mol. The van der Waals surface area contributed by atoms with Crippen molar-refractivity contribution in [1.29, 1.82) is 0 Å². The van der Waals surface area contributed by atoms with Gasteiger partial charge in [-0.25, -0.2) is 8.42 Å². The summed E-state index contributed by atoms with van der Waals surface area (Å²) in [6, 6.07) is 0.563. The summed E-state index contributed by atoms with van der Waals surface area (Å²) in [5.41, 5.74) is 0. The third kappa shape index (κ3) is 5.76. The van der Waals surface area contributed by atoms with Gasteiger partial charge in [0.2, 0.25) is 0 Å². The fraction of sp³-hybridized carbons (Fsp3) is 0.938. The molecule has 2 saturated heterocycles. The Bertz CT molecular complexity index is 497. The zero-order valence-corrected chi connectivity index (χ0v) is 17.0. The lowest BCUT2D eigenvalue weighted by Gasteiger charge is -2.32. The van der Waals surface area contributed by atoms with Crippen molar-refractivity contribution in [1.82, 2.24) is 10.2 Å². The number of sulfone groups is 1. The summed E-state index contributed by atoms with van der Waals surface area (Å²) in [4.78, 5) is 7.21. The molecule has 23 heavy (non-hydrogen) atoms. The van der Waals surface area contributed by atoms with E-state index < -0.39 is 9.84 Å². The van der Waals surface area contributed by atoms with Crippen LogP contribution < -0.4 is 5.32 Å². The molecule has 1 aliphatic carbocycles. The van der Waals surface area contributed by atoms with Crippen LogP contribution >= 0.6 is 24.0 Å². The Labute approximate surface area is 157 Å². The molecule has 0 aromatic rings. The number of guanidine groups is 1. The normalized spacial score (nSPS) is 28.6. The van der Waals surface area contributed by atoms with Gasteiger partial charge >= 0.3 is 0 Å². The maximum Gasteiger partial charge on any atom is 0.194 e. The Kier molecular flexibility index (Phi) is 7.44. The van der Waals surface area contributed by atoms with Crippen molar-refractivity contribution in [2.24, 2.45) is 10.9 Å². The molecule has 3 fully saturated rings. The van der Waals surface area contributed by atoms with Crippen LogP contribution in [-0.2, 0) is 9.84 Å². The van der Waals surface area contributed by atoms with Crippen molar-refractivity contribution < 1.29 is 8.42 Å². The minimum Gasteiger partial charge on any atom is -0.354 e. The van der Waals surface area contributed by atoms with Crippen molar-refractivity contribution in [2.45, 2.75) is 57.4 Å². The van der Waals surface area contributed by atoms with Gasteiger partial charge in [-0.1, -0.05) is 12.8 Å². The summed E-state index contributed by atoms with van der Waals surface area (Å²) in [5, 5.41) is 3.66. The molecule has 2 heterocycles. The number of likely N-dealkylation sites (tertiary alicyclic amines) is 1. The number of piperidine rings is 1. The Morgan fingerprint density at radius 3 is 2.35 bits per heavy atom. The monoisotopic (exact) mass is 455 g/mol. The van der Waals surface area contributed by atoms with Gasteiger partial charge < -0.3 is 10.2 Å². The van der Waals surface area contributed by atoms with Crippen LogP contribution in [0.2, 0.25) is 0 Å². The molecule has 1 saturated carbocycles. The average molecular weight is 455 g/mol. The Balaban J connectivity index is 0.00000192. The van der Waals surface area contributed by atoms with Gasteiger partial charge in [0.15, 0.2) is 15.8 Å². The summed E-state index contributed by atoms with van der Waals surface area (Å²) in [5.74, 6) is 1.93. The highest BCUT2D eigenvalue weighted by Crippen LogP contribution is 2.21. The molecule has 134 valence electrons. The van der Waals surface area contributed by atoms with E-state index in [2.05, 4.69) is 10.2 Å². The van der Waals surface area contributed by atoms with E-state index in [0.29, 0.717) is 24.1 Å². The number of nitrogens with one attached hydrogen (secondary N) is 1. The second-order valence-electron chi connectivity index (χ2n) is 7.11. The van der Waals surface area contributed by atoms with Gasteiger partial charge in [-0.3, -0.25) is 4.99 Å². The van der Waals surface area contributed by atoms with E-state index in [4.69, 9.17) is 4.99 Å². The van der Waals surface area contributed by atoms with Crippen molar-refractivity contribution in [3.8, 4) is 0 Å². The first-order chi connectivity index (χ1) is 10.6. The predicted octanol–water partition coefficient (Wildman–Crippen LogP) is 2.41. The largest absolute Gasteiger partial charge is 0.354 e. The van der Waals surface area contributed by atoms with Crippen LogP contribution in [-0.4, -0.2) is 56.5 Å². The van der Waals surface area contributed by atoms with Crippen molar-refractivity contribution in [3.63, 3.8) is 0 Å². The summed E-state index contributed by atoms with van der Waals surface area (Å²) in [6.07, 6.45) is 9.68. The molecule has 3 rings (SSSR count). The highest BCUT2D eigenvalue weighted by Gasteiger charge is 2.28. The third-order valence-corrected chi connectivity index (χ3v) is 7.01. The number of aliphatic imine (C=N–C) groups is 1. The molecule has 0 amide bonds. The first-order valence-corrected chi connectivity index (χ1v) is 10.7. The highest BCUT2D eigenvalue weighted by molar-refractivity contribution is 14.0. The quantitative estimate of drug-likeness (QED) is 0.404. The molecule has 7 heteroatoms. The van der Waals surface area contributed by atoms with Crippen LogP contribution in [0.25, 0.3) is 0 Å².